The molecule has 0 radical (unpaired) electrons. The number of hydrogen-bond acceptors (Lipinski definition) is 11. The number of cyclic esters (lactones) is 1. The molecule has 12 nitrogen and oxygen atoms in total. The standard InChI is InChI=1S/C31H42N8O4S/c1-5-31(3,4)37-20-8-10-22(11-9-20)43-30-27(44-18(2)35-30)29(41)36-21-7-6-12-38(15-21)24-14-23(19-13-25(40)42-16-19)39-26(24)28(32)33-17-34-39/h13-14,17,20-22,37H,5-12,15-16H2,1-4H3,(H,36,41)(H2,32,33,34)/t20?,21-,22?/m1/s1. The quantitative estimate of drug-likeness (QED) is 0.300. The van der Waals surface area contributed by atoms with Crippen molar-refractivity contribution >= 4 is 45.8 Å². The third kappa shape index (κ3) is 6.39. The molecule has 3 aliphatic rings. The lowest BCUT2D eigenvalue weighted by atomic mass is 9.90. The van der Waals surface area contributed by atoms with Crippen molar-refractivity contribution in [3.8, 4) is 5.88 Å². The van der Waals surface area contributed by atoms with Gasteiger partial charge in [-0.3, -0.25) is 4.79 Å². The summed E-state index contributed by atoms with van der Waals surface area (Å²) in [5.74, 6) is 0.257. The number of carbonyl (C=O) groups is 2. The average Bonchev–Trinajstić information content (AvgIpc) is 3.71. The molecule has 1 aliphatic carbocycles. The smallest absolute Gasteiger partial charge is 0.331 e. The third-order valence-corrected chi connectivity index (χ3v) is 9.94. The van der Waals surface area contributed by atoms with E-state index in [-0.39, 0.29) is 36.2 Å². The number of nitrogens with two attached hydrogens (primary N) is 1. The molecule has 2 fully saturated rings. The van der Waals surface area contributed by atoms with Gasteiger partial charge >= 0.3 is 5.97 Å². The van der Waals surface area contributed by atoms with Gasteiger partial charge in [-0.2, -0.15) is 5.10 Å². The van der Waals surface area contributed by atoms with Crippen LogP contribution in [0.25, 0.3) is 11.1 Å². The summed E-state index contributed by atoms with van der Waals surface area (Å²) in [5, 5.41) is 12.3. The Morgan fingerprint density at radius 1 is 1.23 bits per heavy atom. The van der Waals surface area contributed by atoms with Gasteiger partial charge in [-0.1, -0.05) is 6.92 Å². The number of amides is 1. The molecule has 1 amide bonds. The van der Waals surface area contributed by atoms with Gasteiger partial charge < -0.3 is 30.7 Å². The number of rotatable bonds is 9. The van der Waals surface area contributed by atoms with E-state index in [1.165, 1.54) is 23.7 Å². The lowest BCUT2D eigenvalue weighted by Crippen LogP contribution is -2.48. The Balaban J connectivity index is 1.13. The summed E-state index contributed by atoms with van der Waals surface area (Å²) in [6.07, 6.45) is 9.71. The fourth-order valence-electron chi connectivity index (χ4n) is 6.37. The number of hydrogen-bond donors (Lipinski definition) is 3. The molecular formula is C31H42N8O4S. The maximum absolute atomic E-state index is 13.6. The zero-order valence-electron chi connectivity index (χ0n) is 25.9. The predicted molar refractivity (Wildman–Crippen MR) is 170 cm³/mol. The number of nitrogen functional groups attached to an aromatic ring is 1. The van der Waals surface area contributed by atoms with Gasteiger partial charge in [-0.05, 0) is 71.8 Å². The number of nitrogens with zero attached hydrogens (tertiary/aromatic N) is 5. The summed E-state index contributed by atoms with van der Waals surface area (Å²) >= 11 is 1.37. The monoisotopic (exact) mass is 622 g/mol. The van der Waals surface area contributed by atoms with Gasteiger partial charge in [0.1, 0.15) is 24.6 Å². The van der Waals surface area contributed by atoms with Crippen LogP contribution in [0.1, 0.15) is 86.1 Å². The lowest BCUT2D eigenvalue weighted by Gasteiger charge is -2.35. The van der Waals surface area contributed by atoms with Crippen molar-refractivity contribution in [1.29, 1.82) is 0 Å². The van der Waals surface area contributed by atoms with Crippen LogP contribution in [0.15, 0.2) is 18.5 Å². The number of aryl methyl sites for hydroxylation is 1. The van der Waals surface area contributed by atoms with Crippen LogP contribution in [0.5, 0.6) is 5.88 Å². The fourth-order valence-corrected chi connectivity index (χ4v) is 7.13. The molecule has 1 saturated carbocycles. The van der Waals surface area contributed by atoms with E-state index in [2.05, 4.69) is 51.4 Å². The van der Waals surface area contributed by atoms with E-state index in [4.69, 9.17) is 15.2 Å². The first-order chi connectivity index (χ1) is 21.1. The van der Waals surface area contributed by atoms with E-state index in [1.807, 2.05) is 13.0 Å². The van der Waals surface area contributed by atoms with Crippen molar-refractivity contribution in [2.45, 2.75) is 96.4 Å². The lowest BCUT2D eigenvalue weighted by molar-refractivity contribution is -0.134. The summed E-state index contributed by atoms with van der Waals surface area (Å²) in [6.45, 7) is 10.2. The zero-order valence-corrected chi connectivity index (χ0v) is 26.7. The second-order valence-electron chi connectivity index (χ2n) is 12.7. The van der Waals surface area contributed by atoms with E-state index < -0.39 is 0 Å². The highest BCUT2D eigenvalue weighted by molar-refractivity contribution is 7.13. The molecule has 0 unspecified atom stereocenters. The van der Waals surface area contributed by atoms with Gasteiger partial charge in [0.05, 0.1) is 16.4 Å². The number of anilines is 2. The van der Waals surface area contributed by atoms with Crippen LogP contribution in [0, 0.1) is 6.92 Å². The normalized spacial score (nSPS) is 22.6. The van der Waals surface area contributed by atoms with Crippen molar-refractivity contribution in [3.05, 3.63) is 34.0 Å². The molecule has 13 heteroatoms. The van der Waals surface area contributed by atoms with Crippen molar-refractivity contribution in [2.75, 3.05) is 30.3 Å². The number of fused-ring (bicyclic) bond motifs is 1. The van der Waals surface area contributed by atoms with Gasteiger partial charge in [0.25, 0.3) is 5.91 Å². The highest BCUT2D eigenvalue weighted by atomic mass is 32.1. The zero-order chi connectivity index (χ0) is 31.0. The molecular weight excluding hydrogens is 580 g/mol. The minimum atomic E-state index is -0.373. The second kappa shape index (κ2) is 12.4. The van der Waals surface area contributed by atoms with Crippen LogP contribution in [-0.2, 0) is 9.53 Å². The number of piperidine rings is 1. The Hall–Kier alpha value is -3.71. The van der Waals surface area contributed by atoms with Crippen LogP contribution in [0.2, 0.25) is 0 Å². The number of ether oxygens (including phenoxy) is 2. The minimum Gasteiger partial charge on any atom is -0.473 e. The van der Waals surface area contributed by atoms with Crippen molar-refractivity contribution < 1.29 is 19.1 Å². The Kier molecular flexibility index (Phi) is 8.51. The molecule has 3 aromatic heterocycles. The Morgan fingerprint density at radius 2 is 2.02 bits per heavy atom. The fraction of sp³-hybridized carbons (Fsp3) is 0.581. The molecule has 1 saturated heterocycles. The van der Waals surface area contributed by atoms with E-state index in [0.717, 1.165) is 73.5 Å². The third-order valence-electron chi connectivity index (χ3n) is 8.99. The highest BCUT2D eigenvalue weighted by Crippen LogP contribution is 2.35. The van der Waals surface area contributed by atoms with Crippen LogP contribution in [0.4, 0.5) is 11.5 Å². The van der Waals surface area contributed by atoms with E-state index >= 15 is 0 Å². The largest absolute Gasteiger partial charge is 0.473 e. The van der Waals surface area contributed by atoms with Crippen LogP contribution in [-0.4, -0.2) is 74.9 Å². The Labute approximate surface area is 261 Å². The Bertz CT molecular complexity index is 1570. The van der Waals surface area contributed by atoms with Gasteiger partial charge in [0.2, 0.25) is 5.88 Å². The molecule has 4 N–H and O–H groups in total. The Morgan fingerprint density at radius 3 is 2.75 bits per heavy atom. The molecule has 1 atom stereocenters. The predicted octanol–water partition coefficient (Wildman–Crippen LogP) is 3.88. The molecule has 0 spiro atoms. The number of nitrogens with one attached hydrogen (secondary N) is 2. The topological polar surface area (TPSA) is 149 Å². The van der Waals surface area contributed by atoms with Gasteiger partial charge in [-0.15, -0.1) is 11.3 Å². The number of carbonyl (C=O) groups excluding carboxylic acids is 2. The maximum atomic E-state index is 13.6. The van der Waals surface area contributed by atoms with Crippen LogP contribution >= 0.6 is 11.3 Å². The number of esters is 1. The summed E-state index contributed by atoms with van der Waals surface area (Å²) in [6, 6.07) is 2.38. The highest BCUT2D eigenvalue weighted by Gasteiger charge is 2.31. The number of thiazole rings is 1. The average molecular weight is 623 g/mol. The first kappa shape index (κ1) is 30.3. The van der Waals surface area contributed by atoms with Gasteiger partial charge in [0.15, 0.2) is 10.7 Å². The SMILES string of the molecule is CCC(C)(C)NC1CCC(Oc2nc(C)sc2C(=O)N[C@@H]2CCCN(c3cc(C4=CC(=O)OC4)n4ncnc(N)c34)C2)CC1. The molecule has 3 aromatic rings. The summed E-state index contributed by atoms with van der Waals surface area (Å²) in [4.78, 5) is 36.9. The molecule has 0 bridgehead atoms. The number of aromatic nitrogens is 4. The van der Waals surface area contributed by atoms with Crippen molar-refractivity contribution in [2.24, 2.45) is 0 Å². The van der Waals surface area contributed by atoms with E-state index in [0.29, 0.717) is 34.7 Å². The molecule has 44 heavy (non-hydrogen) atoms. The van der Waals surface area contributed by atoms with Gasteiger partial charge in [0, 0.05) is 42.4 Å². The van der Waals surface area contributed by atoms with Crippen molar-refractivity contribution in [1.82, 2.24) is 30.2 Å². The second-order valence-corrected chi connectivity index (χ2v) is 13.9. The van der Waals surface area contributed by atoms with E-state index in [9.17, 15) is 9.59 Å². The molecule has 6 rings (SSSR count). The minimum absolute atomic E-state index is 0.0525. The van der Waals surface area contributed by atoms with Crippen LogP contribution in [0.3, 0.4) is 0 Å². The maximum Gasteiger partial charge on any atom is 0.331 e. The van der Waals surface area contributed by atoms with Crippen molar-refractivity contribution in [3.63, 3.8) is 0 Å². The molecule has 2 aliphatic heterocycles. The first-order valence-electron chi connectivity index (χ1n) is 15.6. The first-order valence-corrected chi connectivity index (χ1v) is 16.4. The van der Waals surface area contributed by atoms with Gasteiger partial charge in [-0.25, -0.2) is 19.3 Å². The van der Waals surface area contributed by atoms with E-state index in [1.54, 1.807) is 4.52 Å². The summed E-state index contributed by atoms with van der Waals surface area (Å²) < 4.78 is 13.2. The molecule has 236 valence electrons. The summed E-state index contributed by atoms with van der Waals surface area (Å²) in [7, 11) is 0. The van der Waals surface area contributed by atoms with Crippen LogP contribution < -0.4 is 26.0 Å². The molecule has 5 heterocycles. The summed E-state index contributed by atoms with van der Waals surface area (Å²) in [5.41, 5.74) is 9.46. The molecule has 0 aromatic carbocycles.